The normalized spacial score (nSPS) is 17.7. The van der Waals surface area contributed by atoms with E-state index in [0.717, 1.165) is 49.0 Å². The number of carbonyl (C=O) groups is 2. The average Bonchev–Trinajstić information content (AvgIpc) is 3.18. The van der Waals surface area contributed by atoms with Crippen LogP contribution in [0.15, 0.2) is 41.8 Å². The Hall–Kier alpha value is -2.34. The number of hydrogen-bond acceptors (Lipinski definition) is 4. The first kappa shape index (κ1) is 20.0. The van der Waals surface area contributed by atoms with Crippen molar-refractivity contribution in [3.05, 3.63) is 52.2 Å². The fourth-order valence-electron chi connectivity index (χ4n) is 4.16. The van der Waals surface area contributed by atoms with Gasteiger partial charge in [-0.2, -0.15) is 0 Å². The molecule has 0 bridgehead atoms. The number of methoxy groups -OCH3 is 1. The summed E-state index contributed by atoms with van der Waals surface area (Å²) in [6, 6.07) is 11.2. The van der Waals surface area contributed by atoms with Crippen molar-refractivity contribution in [3.8, 4) is 5.75 Å². The molecule has 29 heavy (non-hydrogen) atoms. The number of ether oxygens (including phenoxy) is 1. The van der Waals surface area contributed by atoms with E-state index in [1.807, 2.05) is 46.7 Å². The highest BCUT2D eigenvalue weighted by atomic mass is 32.1. The second-order valence-corrected chi connectivity index (χ2v) is 8.99. The summed E-state index contributed by atoms with van der Waals surface area (Å²) < 4.78 is 5.39. The molecule has 1 aromatic heterocycles. The van der Waals surface area contributed by atoms with Crippen LogP contribution < -0.4 is 10.1 Å². The lowest BCUT2D eigenvalue weighted by molar-refractivity contribution is -0.141. The van der Waals surface area contributed by atoms with E-state index in [9.17, 15) is 9.59 Å². The Morgan fingerprint density at radius 3 is 2.62 bits per heavy atom. The van der Waals surface area contributed by atoms with Gasteiger partial charge in [0, 0.05) is 17.0 Å². The zero-order valence-electron chi connectivity index (χ0n) is 16.8. The predicted molar refractivity (Wildman–Crippen MR) is 114 cm³/mol. The maximum Gasteiger partial charge on any atom is 0.247 e. The molecule has 0 aliphatic heterocycles. The molecule has 2 aromatic rings. The molecule has 1 heterocycles. The highest BCUT2D eigenvalue weighted by Crippen LogP contribution is 2.37. The minimum Gasteiger partial charge on any atom is -0.497 e. The highest BCUT2D eigenvalue weighted by Gasteiger charge is 2.41. The Bertz CT molecular complexity index is 842. The second kappa shape index (κ2) is 8.99. The third-order valence-corrected chi connectivity index (χ3v) is 6.65. The van der Waals surface area contributed by atoms with Crippen LogP contribution >= 0.6 is 11.3 Å². The number of carbonyl (C=O) groups excluding carboxylic acids is 2. The van der Waals surface area contributed by atoms with Crippen LogP contribution in [0.25, 0.3) is 0 Å². The Morgan fingerprint density at radius 2 is 1.97 bits per heavy atom. The number of nitrogens with one attached hydrogen (secondary N) is 1. The van der Waals surface area contributed by atoms with E-state index >= 15 is 0 Å². The van der Waals surface area contributed by atoms with Gasteiger partial charge >= 0.3 is 0 Å². The summed E-state index contributed by atoms with van der Waals surface area (Å²) in [6.45, 7) is 0. The molecular weight excluding hydrogens is 384 g/mol. The molecule has 2 aliphatic carbocycles. The SMILES string of the molecule is COc1cccc([C@H](C(=O)NC2CCCC2)N(C(=O)Cc2cccs2)C2CC2)c1. The highest BCUT2D eigenvalue weighted by molar-refractivity contribution is 7.10. The molecule has 2 aliphatic rings. The third-order valence-electron chi connectivity index (χ3n) is 5.77. The van der Waals surface area contributed by atoms with Crippen LogP contribution in [0, 0.1) is 0 Å². The average molecular weight is 413 g/mol. The van der Waals surface area contributed by atoms with Gasteiger partial charge in [0.05, 0.1) is 13.5 Å². The van der Waals surface area contributed by atoms with Crippen molar-refractivity contribution in [2.45, 2.75) is 63.1 Å². The van der Waals surface area contributed by atoms with Crippen molar-refractivity contribution in [2.24, 2.45) is 0 Å². The molecule has 0 saturated heterocycles. The van der Waals surface area contributed by atoms with Crippen LogP contribution in [0.4, 0.5) is 0 Å². The molecule has 0 spiro atoms. The lowest BCUT2D eigenvalue weighted by Crippen LogP contribution is -2.47. The zero-order valence-corrected chi connectivity index (χ0v) is 17.6. The zero-order chi connectivity index (χ0) is 20.2. The van der Waals surface area contributed by atoms with E-state index < -0.39 is 6.04 Å². The summed E-state index contributed by atoms with van der Waals surface area (Å²) >= 11 is 1.58. The van der Waals surface area contributed by atoms with Crippen molar-refractivity contribution < 1.29 is 14.3 Å². The lowest BCUT2D eigenvalue weighted by atomic mass is 10.0. The molecule has 0 radical (unpaired) electrons. The van der Waals surface area contributed by atoms with E-state index in [0.29, 0.717) is 12.2 Å². The van der Waals surface area contributed by atoms with Crippen LogP contribution in [0.5, 0.6) is 5.75 Å². The van der Waals surface area contributed by atoms with E-state index in [1.165, 1.54) is 0 Å². The van der Waals surface area contributed by atoms with Crippen LogP contribution in [-0.2, 0) is 16.0 Å². The first-order valence-electron chi connectivity index (χ1n) is 10.4. The minimum atomic E-state index is -0.620. The van der Waals surface area contributed by atoms with E-state index in [4.69, 9.17) is 4.74 Å². The Morgan fingerprint density at radius 1 is 1.17 bits per heavy atom. The molecule has 0 unspecified atom stereocenters. The van der Waals surface area contributed by atoms with Crippen molar-refractivity contribution in [3.63, 3.8) is 0 Å². The van der Waals surface area contributed by atoms with E-state index in [2.05, 4.69) is 5.32 Å². The van der Waals surface area contributed by atoms with Gasteiger partial charge < -0.3 is 15.0 Å². The number of amides is 2. The summed E-state index contributed by atoms with van der Waals surface area (Å²) in [4.78, 5) is 29.6. The number of thiophene rings is 1. The second-order valence-electron chi connectivity index (χ2n) is 7.96. The third kappa shape index (κ3) is 4.81. The molecule has 154 valence electrons. The minimum absolute atomic E-state index is 0.0179. The molecule has 4 rings (SSSR count). The van der Waals surface area contributed by atoms with Gasteiger partial charge in [-0.3, -0.25) is 9.59 Å². The van der Waals surface area contributed by atoms with Crippen molar-refractivity contribution in [1.82, 2.24) is 10.2 Å². The molecule has 1 aromatic carbocycles. The maximum absolute atomic E-state index is 13.4. The topological polar surface area (TPSA) is 58.6 Å². The maximum atomic E-state index is 13.4. The fourth-order valence-corrected chi connectivity index (χ4v) is 4.86. The number of benzene rings is 1. The van der Waals surface area contributed by atoms with Gasteiger partial charge in [-0.15, -0.1) is 11.3 Å². The smallest absolute Gasteiger partial charge is 0.247 e. The molecule has 5 nitrogen and oxygen atoms in total. The Kier molecular flexibility index (Phi) is 6.19. The van der Waals surface area contributed by atoms with Crippen LogP contribution in [0.3, 0.4) is 0 Å². The molecular formula is C23H28N2O3S. The van der Waals surface area contributed by atoms with Crippen LogP contribution in [-0.4, -0.2) is 35.9 Å². The fraction of sp³-hybridized carbons (Fsp3) is 0.478. The van der Waals surface area contributed by atoms with Gasteiger partial charge in [-0.05, 0) is 54.8 Å². The summed E-state index contributed by atoms with van der Waals surface area (Å²) in [5.41, 5.74) is 0.811. The molecule has 2 amide bonds. The van der Waals surface area contributed by atoms with Crippen molar-refractivity contribution in [1.29, 1.82) is 0 Å². The summed E-state index contributed by atoms with van der Waals surface area (Å²) in [5.74, 6) is 0.642. The molecule has 1 N–H and O–H groups in total. The number of nitrogens with zero attached hydrogens (tertiary/aromatic N) is 1. The van der Waals surface area contributed by atoms with Crippen molar-refractivity contribution in [2.75, 3.05) is 7.11 Å². The monoisotopic (exact) mass is 412 g/mol. The predicted octanol–water partition coefficient (Wildman–Crippen LogP) is 4.09. The van der Waals surface area contributed by atoms with Gasteiger partial charge in [-0.25, -0.2) is 0 Å². The number of hydrogen-bond donors (Lipinski definition) is 1. The van der Waals surface area contributed by atoms with Crippen molar-refractivity contribution >= 4 is 23.2 Å². The summed E-state index contributed by atoms with van der Waals surface area (Å²) in [7, 11) is 1.62. The van der Waals surface area contributed by atoms with Gasteiger partial charge in [-0.1, -0.05) is 31.0 Å². The van der Waals surface area contributed by atoms with Gasteiger partial charge in [0.2, 0.25) is 11.8 Å². The lowest BCUT2D eigenvalue weighted by Gasteiger charge is -2.32. The molecule has 6 heteroatoms. The van der Waals surface area contributed by atoms with Gasteiger partial charge in [0.1, 0.15) is 11.8 Å². The summed E-state index contributed by atoms with van der Waals surface area (Å²) in [5, 5.41) is 5.20. The standard InChI is InChI=1S/C23H28N2O3S/c1-28-19-9-4-6-16(14-19)22(23(27)24-17-7-2-3-8-17)25(18-11-12-18)21(26)15-20-10-5-13-29-20/h4-6,9-10,13-14,17-18,22H,2-3,7-8,11-12,15H2,1H3,(H,24,27)/t22-/m1/s1. The van der Waals surface area contributed by atoms with Gasteiger partial charge in [0.15, 0.2) is 0 Å². The van der Waals surface area contributed by atoms with Gasteiger partial charge in [0.25, 0.3) is 0 Å². The largest absolute Gasteiger partial charge is 0.497 e. The summed E-state index contributed by atoms with van der Waals surface area (Å²) in [6.07, 6.45) is 6.58. The van der Waals surface area contributed by atoms with Crippen LogP contribution in [0.1, 0.15) is 55.0 Å². The quantitative estimate of drug-likeness (QED) is 0.710. The molecule has 1 atom stereocenters. The first-order chi connectivity index (χ1) is 14.2. The van der Waals surface area contributed by atoms with Crippen LogP contribution in [0.2, 0.25) is 0 Å². The van der Waals surface area contributed by atoms with E-state index in [1.54, 1.807) is 18.4 Å². The Balaban J connectivity index is 1.64. The number of rotatable bonds is 8. The first-order valence-corrected chi connectivity index (χ1v) is 11.3. The molecule has 2 saturated carbocycles. The van der Waals surface area contributed by atoms with E-state index in [-0.39, 0.29) is 23.9 Å². The molecule has 2 fully saturated rings. The Labute approximate surface area is 176 Å².